The Labute approximate surface area is 150 Å². The highest BCUT2D eigenvalue weighted by Gasteiger charge is 2.33. The maximum Gasteiger partial charge on any atom is 0.238 e. The summed E-state index contributed by atoms with van der Waals surface area (Å²) in [5, 5.41) is 2.30. The lowest BCUT2D eigenvalue weighted by molar-refractivity contribution is -0.121. The maximum atomic E-state index is 14.0. The predicted octanol–water partition coefficient (Wildman–Crippen LogP) is 3.65. The third-order valence-electron chi connectivity index (χ3n) is 4.25. The zero-order valence-corrected chi connectivity index (χ0v) is 14.4. The van der Waals surface area contributed by atoms with Crippen LogP contribution in [0.1, 0.15) is 23.7 Å². The molecule has 0 aromatic heterocycles. The van der Waals surface area contributed by atoms with Gasteiger partial charge in [-0.15, -0.1) is 11.8 Å². The van der Waals surface area contributed by atoms with Crippen LogP contribution in [0.3, 0.4) is 0 Å². The lowest BCUT2D eigenvalue weighted by atomic mass is 10.1. The first-order chi connectivity index (χ1) is 12.1. The van der Waals surface area contributed by atoms with Gasteiger partial charge in [0.1, 0.15) is 16.9 Å². The van der Waals surface area contributed by atoms with Gasteiger partial charge in [0.05, 0.1) is 0 Å². The van der Waals surface area contributed by atoms with E-state index in [1.165, 1.54) is 0 Å². The quantitative estimate of drug-likeness (QED) is 0.739. The highest BCUT2D eigenvalue weighted by Crippen LogP contribution is 2.38. The highest BCUT2D eigenvalue weighted by atomic mass is 32.2. The Morgan fingerprint density at radius 1 is 1.20 bits per heavy atom. The van der Waals surface area contributed by atoms with Crippen molar-refractivity contribution in [3.05, 3.63) is 65.7 Å². The Hall–Kier alpha value is -1.92. The van der Waals surface area contributed by atoms with Crippen LogP contribution in [0.2, 0.25) is 0 Å². The number of amides is 1. The van der Waals surface area contributed by atoms with Crippen molar-refractivity contribution in [1.82, 2.24) is 5.32 Å². The summed E-state index contributed by atoms with van der Waals surface area (Å²) >= 11 is 1.01. The van der Waals surface area contributed by atoms with Gasteiger partial charge in [-0.05, 0) is 42.5 Å². The molecule has 132 valence electrons. The SMILES string of the molecule is NCC(NC(=O)C(Sc1cc(F)ccc1F)c1ccccc1)C1CC1. The lowest BCUT2D eigenvalue weighted by Gasteiger charge is -2.22. The summed E-state index contributed by atoms with van der Waals surface area (Å²) in [6, 6.07) is 12.3. The van der Waals surface area contributed by atoms with Gasteiger partial charge in [-0.2, -0.15) is 0 Å². The molecule has 0 aliphatic heterocycles. The summed E-state index contributed by atoms with van der Waals surface area (Å²) in [5.74, 6) is -0.893. The van der Waals surface area contributed by atoms with E-state index in [2.05, 4.69) is 5.32 Å². The van der Waals surface area contributed by atoms with Crippen molar-refractivity contribution in [3.8, 4) is 0 Å². The molecule has 1 fully saturated rings. The number of hydrogen-bond acceptors (Lipinski definition) is 3. The first-order valence-corrected chi connectivity index (χ1v) is 9.13. The van der Waals surface area contributed by atoms with Gasteiger partial charge in [0.2, 0.25) is 5.91 Å². The molecule has 6 heteroatoms. The zero-order valence-electron chi connectivity index (χ0n) is 13.6. The van der Waals surface area contributed by atoms with Crippen LogP contribution in [0, 0.1) is 17.6 Å². The van der Waals surface area contributed by atoms with Crippen LogP contribution >= 0.6 is 11.8 Å². The molecule has 0 spiro atoms. The maximum absolute atomic E-state index is 14.0. The molecule has 1 amide bonds. The van der Waals surface area contributed by atoms with Gasteiger partial charge in [-0.1, -0.05) is 30.3 Å². The number of benzene rings is 2. The second-order valence-corrected chi connectivity index (χ2v) is 7.32. The van der Waals surface area contributed by atoms with Crippen molar-refractivity contribution >= 4 is 17.7 Å². The van der Waals surface area contributed by atoms with E-state index < -0.39 is 16.9 Å². The number of carbonyl (C=O) groups is 1. The van der Waals surface area contributed by atoms with E-state index in [4.69, 9.17) is 5.73 Å². The van der Waals surface area contributed by atoms with E-state index in [1.54, 1.807) is 0 Å². The molecule has 0 saturated heterocycles. The van der Waals surface area contributed by atoms with Crippen molar-refractivity contribution in [2.45, 2.75) is 29.0 Å². The Morgan fingerprint density at radius 3 is 2.56 bits per heavy atom. The van der Waals surface area contributed by atoms with Crippen LogP contribution in [0.15, 0.2) is 53.4 Å². The van der Waals surface area contributed by atoms with Gasteiger partial charge in [0.25, 0.3) is 0 Å². The molecular formula is C19H20F2N2OS. The van der Waals surface area contributed by atoms with E-state index in [-0.39, 0.29) is 16.8 Å². The Bertz CT molecular complexity index is 737. The Kier molecular flexibility index (Phi) is 5.71. The van der Waals surface area contributed by atoms with Crippen LogP contribution in [0.4, 0.5) is 8.78 Å². The number of nitrogens with two attached hydrogens (primary N) is 1. The van der Waals surface area contributed by atoms with E-state index in [0.717, 1.165) is 48.4 Å². The predicted molar refractivity (Wildman–Crippen MR) is 95.1 cm³/mol. The van der Waals surface area contributed by atoms with E-state index in [0.29, 0.717) is 12.5 Å². The fraction of sp³-hybridized carbons (Fsp3) is 0.316. The van der Waals surface area contributed by atoms with E-state index in [1.807, 2.05) is 30.3 Å². The largest absolute Gasteiger partial charge is 0.351 e. The average molecular weight is 362 g/mol. The number of hydrogen-bond donors (Lipinski definition) is 2. The molecule has 1 aliphatic carbocycles. The van der Waals surface area contributed by atoms with Crippen LogP contribution in [0.25, 0.3) is 0 Å². The van der Waals surface area contributed by atoms with Gasteiger partial charge >= 0.3 is 0 Å². The van der Waals surface area contributed by atoms with Gasteiger partial charge in [0.15, 0.2) is 0 Å². The van der Waals surface area contributed by atoms with Gasteiger partial charge in [-0.25, -0.2) is 8.78 Å². The fourth-order valence-corrected chi connectivity index (χ4v) is 3.80. The smallest absolute Gasteiger partial charge is 0.238 e. The summed E-state index contributed by atoms with van der Waals surface area (Å²) in [5.41, 5.74) is 6.50. The molecule has 0 bridgehead atoms. The third kappa shape index (κ3) is 4.58. The van der Waals surface area contributed by atoms with Gasteiger partial charge in [0, 0.05) is 17.5 Å². The van der Waals surface area contributed by atoms with Crippen molar-refractivity contribution in [3.63, 3.8) is 0 Å². The monoisotopic (exact) mass is 362 g/mol. The number of halogens is 2. The van der Waals surface area contributed by atoms with Crippen molar-refractivity contribution in [2.24, 2.45) is 11.7 Å². The summed E-state index contributed by atoms with van der Waals surface area (Å²) in [6.07, 6.45) is 2.12. The normalized spacial score (nSPS) is 16.3. The van der Waals surface area contributed by atoms with Gasteiger partial charge < -0.3 is 11.1 Å². The number of nitrogens with one attached hydrogen (secondary N) is 1. The summed E-state index contributed by atoms with van der Waals surface area (Å²) < 4.78 is 27.5. The first kappa shape index (κ1) is 17.9. The molecule has 2 unspecified atom stereocenters. The lowest BCUT2D eigenvalue weighted by Crippen LogP contribution is -2.43. The molecule has 1 saturated carbocycles. The minimum absolute atomic E-state index is 0.0725. The molecule has 2 aromatic carbocycles. The molecule has 2 atom stereocenters. The van der Waals surface area contributed by atoms with Crippen LogP contribution in [-0.2, 0) is 4.79 Å². The molecule has 0 radical (unpaired) electrons. The highest BCUT2D eigenvalue weighted by molar-refractivity contribution is 8.00. The molecule has 25 heavy (non-hydrogen) atoms. The minimum Gasteiger partial charge on any atom is -0.351 e. The molecule has 3 nitrogen and oxygen atoms in total. The molecule has 0 heterocycles. The Balaban J connectivity index is 1.84. The van der Waals surface area contributed by atoms with Gasteiger partial charge in [-0.3, -0.25) is 4.79 Å². The van der Waals surface area contributed by atoms with Crippen molar-refractivity contribution < 1.29 is 13.6 Å². The third-order valence-corrected chi connectivity index (χ3v) is 5.54. The van der Waals surface area contributed by atoms with Crippen LogP contribution < -0.4 is 11.1 Å². The molecule has 1 aliphatic rings. The summed E-state index contributed by atoms with van der Waals surface area (Å²) in [6.45, 7) is 0.372. The molecule has 2 aromatic rings. The second-order valence-electron chi connectivity index (χ2n) is 6.17. The molecule has 3 N–H and O–H groups in total. The molecule has 3 rings (SSSR count). The van der Waals surface area contributed by atoms with E-state index in [9.17, 15) is 13.6 Å². The van der Waals surface area contributed by atoms with Crippen LogP contribution in [-0.4, -0.2) is 18.5 Å². The summed E-state index contributed by atoms with van der Waals surface area (Å²) in [7, 11) is 0. The van der Waals surface area contributed by atoms with E-state index >= 15 is 0 Å². The average Bonchev–Trinajstić information content (AvgIpc) is 3.46. The van der Waals surface area contributed by atoms with Crippen molar-refractivity contribution in [1.29, 1.82) is 0 Å². The zero-order chi connectivity index (χ0) is 17.8. The summed E-state index contributed by atoms with van der Waals surface area (Å²) in [4.78, 5) is 13.0. The molecular weight excluding hydrogens is 342 g/mol. The Morgan fingerprint density at radius 2 is 1.92 bits per heavy atom. The standard InChI is InChI=1S/C19H20F2N2OS/c20-14-8-9-15(21)17(10-14)25-18(13-4-2-1-3-5-13)19(24)23-16(11-22)12-6-7-12/h1-5,8-10,12,16,18H,6-7,11,22H2,(H,23,24). The van der Waals surface area contributed by atoms with Crippen LogP contribution in [0.5, 0.6) is 0 Å². The minimum atomic E-state index is -0.676. The number of carbonyl (C=O) groups excluding carboxylic acids is 1. The fourth-order valence-electron chi connectivity index (χ4n) is 2.72. The first-order valence-electron chi connectivity index (χ1n) is 8.25. The number of thioether (sulfide) groups is 1. The number of rotatable bonds is 7. The second kappa shape index (κ2) is 7.97. The van der Waals surface area contributed by atoms with Crippen molar-refractivity contribution in [2.75, 3.05) is 6.54 Å². The topological polar surface area (TPSA) is 55.1 Å².